The summed E-state index contributed by atoms with van der Waals surface area (Å²) in [4.78, 5) is 13.9. The Balaban J connectivity index is 1.70. The molecule has 0 bridgehead atoms. The molecular formula is C27H24N8O2. The van der Waals surface area contributed by atoms with Gasteiger partial charge in [-0.25, -0.2) is 15.0 Å². The van der Waals surface area contributed by atoms with Crippen LogP contribution in [0.5, 0.6) is 11.5 Å². The van der Waals surface area contributed by atoms with E-state index in [1.165, 1.54) is 0 Å². The van der Waals surface area contributed by atoms with E-state index in [0.29, 0.717) is 59.4 Å². The van der Waals surface area contributed by atoms with E-state index in [-0.39, 0.29) is 11.4 Å². The van der Waals surface area contributed by atoms with Gasteiger partial charge < -0.3 is 24.3 Å². The second-order valence-electron chi connectivity index (χ2n) is 8.34. The number of anilines is 1. The molecule has 184 valence electrons. The van der Waals surface area contributed by atoms with Crippen LogP contribution < -0.4 is 15.2 Å². The lowest BCUT2D eigenvalue weighted by atomic mass is 10.1. The number of hydrogen-bond donors (Lipinski definition) is 1. The van der Waals surface area contributed by atoms with E-state index in [0.717, 1.165) is 16.6 Å². The first-order valence-corrected chi connectivity index (χ1v) is 11.7. The topological polar surface area (TPSA) is 141 Å². The largest absolute Gasteiger partial charge is 0.493 e. The zero-order valence-corrected chi connectivity index (χ0v) is 20.7. The van der Waals surface area contributed by atoms with E-state index in [1.807, 2.05) is 66.1 Å². The third kappa shape index (κ3) is 3.85. The van der Waals surface area contributed by atoms with Crippen LogP contribution in [-0.2, 0) is 19.5 Å². The molecule has 0 spiro atoms. The Labute approximate surface area is 213 Å². The zero-order valence-electron chi connectivity index (χ0n) is 20.7. The Morgan fingerprint density at radius 1 is 0.919 bits per heavy atom. The van der Waals surface area contributed by atoms with E-state index in [1.54, 1.807) is 14.2 Å². The number of ether oxygens (including phenoxy) is 2. The first kappa shape index (κ1) is 23.6. The van der Waals surface area contributed by atoms with E-state index in [2.05, 4.69) is 14.5 Å². The van der Waals surface area contributed by atoms with Crippen LogP contribution in [0.3, 0.4) is 0 Å². The van der Waals surface area contributed by atoms with Crippen molar-refractivity contribution in [2.45, 2.75) is 26.4 Å². The molecule has 0 saturated heterocycles. The fourth-order valence-corrected chi connectivity index (χ4v) is 4.62. The summed E-state index contributed by atoms with van der Waals surface area (Å²) in [5.41, 5.74) is 10.9. The number of aromatic nitrogens is 5. The lowest BCUT2D eigenvalue weighted by molar-refractivity contribution is 0.354. The summed E-state index contributed by atoms with van der Waals surface area (Å²) >= 11 is 0. The van der Waals surface area contributed by atoms with Crippen molar-refractivity contribution in [1.82, 2.24) is 24.1 Å². The monoisotopic (exact) mass is 492 g/mol. The second-order valence-corrected chi connectivity index (χ2v) is 8.34. The SMILES string of the molecule is CCn1c(-c2c(N)n(CCc3ccc(OC)c(OC)c3)c3nc(C#N)c(C#N)nc23)nc2ccccc21. The predicted octanol–water partition coefficient (Wildman–Crippen LogP) is 4.05. The van der Waals surface area contributed by atoms with E-state index >= 15 is 0 Å². The maximum Gasteiger partial charge on any atom is 0.179 e. The Morgan fingerprint density at radius 3 is 2.35 bits per heavy atom. The highest BCUT2D eigenvalue weighted by molar-refractivity contribution is 5.99. The van der Waals surface area contributed by atoms with Crippen molar-refractivity contribution >= 4 is 28.0 Å². The number of para-hydroxylation sites is 2. The molecule has 0 radical (unpaired) electrons. The van der Waals surface area contributed by atoms with E-state index in [9.17, 15) is 10.5 Å². The molecule has 2 N–H and O–H groups in total. The Hall–Kier alpha value is -5.09. The van der Waals surface area contributed by atoms with Gasteiger partial charge in [-0.3, -0.25) is 0 Å². The van der Waals surface area contributed by atoms with Crippen LogP contribution in [0.15, 0.2) is 42.5 Å². The van der Waals surface area contributed by atoms with Gasteiger partial charge in [-0.05, 0) is 43.2 Å². The molecule has 5 aromatic rings. The molecule has 3 heterocycles. The maximum absolute atomic E-state index is 9.62. The average Bonchev–Trinajstić information content (AvgIpc) is 3.43. The van der Waals surface area contributed by atoms with Crippen molar-refractivity contribution in [1.29, 1.82) is 10.5 Å². The van der Waals surface area contributed by atoms with Crippen LogP contribution in [0.4, 0.5) is 5.82 Å². The summed E-state index contributed by atoms with van der Waals surface area (Å²) in [5.74, 6) is 2.33. The number of benzene rings is 2. The number of nitriles is 2. The minimum atomic E-state index is -0.0487. The van der Waals surface area contributed by atoms with Crippen LogP contribution in [0.1, 0.15) is 23.9 Å². The third-order valence-corrected chi connectivity index (χ3v) is 6.40. The molecule has 10 heteroatoms. The number of rotatable bonds is 7. The fourth-order valence-electron chi connectivity index (χ4n) is 4.62. The van der Waals surface area contributed by atoms with Gasteiger partial charge in [0.05, 0.1) is 30.8 Å². The number of nitrogens with two attached hydrogens (primary N) is 1. The van der Waals surface area contributed by atoms with Crippen LogP contribution in [0.2, 0.25) is 0 Å². The highest BCUT2D eigenvalue weighted by Gasteiger charge is 2.25. The predicted molar refractivity (Wildman–Crippen MR) is 139 cm³/mol. The summed E-state index contributed by atoms with van der Waals surface area (Å²) in [7, 11) is 3.19. The van der Waals surface area contributed by atoms with Crippen LogP contribution in [0.25, 0.3) is 33.6 Å². The summed E-state index contributed by atoms with van der Waals surface area (Å²) in [6.07, 6.45) is 0.599. The van der Waals surface area contributed by atoms with Crippen molar-refractivity contribution in [3.63, 3.8) is 0 Å². The number of nitrogen functional groups attached to an aromatic ring is 1. The highest BCUT2D eigenvalue weighted by Crippen LogP contribution is 2.37. The summed E-state index contributed by atoms with van der Waals surface area (Å²) in [5, 5.41) is 19.2. The van der Waals surface area contributed by atoms with Gasteiger partial charge in [-0.15, -0.1) is 0 Å². The maximum atomic E-state index is 9.62. The molecule has 0 saturated carbocycles. The second kappa shape index (κ2) is 9.51. The molecule has 0 amide bonds. The Morgan fingerprint density at radius 2 is 1.65 bits per heavy atom. The lowest BCUT2D eigenvalue weighted by Gasteiger charge is -2.11. The van der Waals surface area contributed by atoms with Crippen molar-refractivity contribution < 1.29 is 9.47 Å². The molecule has 0 fully saturated rings. The number of methoxy groups -OCH3 is 2. The molecule has 10 nitrogen and oxygen atoms in total. The molecule has 3 aromatic heterocycles. The first-order valence-electron chi connectivity index (χ1n) is 11.7. The van der Waals surface area contributed by atoms with Crippen LogP contribution in [0, 0.1) is 22.7 Å². The molecule has 0 aliphatic rings. The standard InChI is InChI=1S/C27H24N8O2/c1-4-34-20-8-6-5-7-17(20)32-26(34)23-24-27(33-19(15-29)18(14-28)31-24)35(25(23)30)12-11-16-9-10-21(36-2)22(13-16)37-3/h5-10,13H,4,11-12,30H2,1-3H3. The highest BCUT2D eigenvalue weighted by atomic mass is 16.5. The molecule has 0 unspecified atom stereocenters. The fraction of sp³-hybridized carbons (Fsp3) is 0.222. The van der Waals surface area contributed by atoms with Gasteiger partial charge in [0, 0.05) is 13.1 Å². The molecule has 0 aliphatic carbocycles. The molecule has 5 rings (SSSR count). The van der Waals surface area contributed by atoms with Gasteiger partial charge >= 0.3 is 0 Å². The zero-order chi connectivity index (χ0) is 26.1. The molecule has 0 atom stereocenters. The number of nitrogens with zero attached hydrogens (tertiary/aromatic N) is 7. The smallest absolute Gasteiger partial charge is 0.179 e. The Kier molecular flexibility index (Phi) is 6.08. The number of hydrogen-bond acceptors (Lipinski definition) is 8. The Bertz CT molecular complexity index is 1740. The molecule has 0 aliphatic heterocycles. The van der Waals surface area contributed by atoms with Crippen molar-refractivity contribution in [3.8, 4) is 35.0 Å². The van der Waals surface area contributed by atoms with Crippen molar-refractivity contribution in [3.05, 3.63) is 59.4 Å². The lowest BCUT2D eigenvalue weighted by Crippen LogP contribution is -2.08. The average molecular weight is 493 g/mol. The molecular weight excluding hydrogens is 468 g/mol. The summed E-state index contributed by atoms with van der Waals surface area (Å²) in [6.45, 7) is 3.14. The van der Waals surface area contributed by atoms with Gasteiger partial charge in [0.25, 0.3) is 0 Å². The third-order valence-electron chi connectivity index (χ3n) is 6.40. The van der Waals surface area contributed by atoms with Gasteiger partial charge in [0.1, 0.15) is 29.3 Å². The number of aryl methyl sites for hydroxylation is 3. The quantitative estimate of drug-likeness (QED) is 0.359. The van der Waals surface area contributed by atoms with Crippen LogP contribution in [-0.4, -0.2) is 38.3 Å². The number of fused-ring (bicyclic) bond motifs is 2. The van der Waals surface area contributed by atoms with Crippen LogP contribution >= 0.6 is 0 Å². The van der Waals surface area contributed by atoms with Gasteiger partial charge in [-0.1, -0.05) is 18.2 Å². The van der Waals surface area contributed by atoms with Crippen molar-refractivity contribution in [2.75, 3.05) is 20.0 Å². The summed E-state index contributed by atoms with van der Waals surface area (Å²) < 4.78 is 14.7. The number of imidazole rings is 1. The minimum Gasteiger partial charge on any atom is -0.493 e. The first-order chi connectivity index (χ1) is 18.0. The minimum absolute atomic E-state index is 0.0459. The van der Waals surface area contributed by atoms with Crippen molar-refractivity contribution in [2.24, 2.45) is 0 Å². The van der Waals surface area contributed by atoms with Gasteiger partial charge in [0.2, 0.25) is 0 Å². The molecule has 2 aromatic carbocycles. The van der Waals surface area contributed by atoms with Gasteiger partial charge in [0.15, 0.2) is 28.5 Å². The van der Waals surface area contributed by atoms with E-state index < -0.39 is 0 Å². The normalized spacial score (nSPS) is 10.9. The van der Waals surface area contributed by atoms with Gasteiger partial charge in [-0.2, -0.15) is 10.5 Å². The van der Waals surface area contributed by atoms with E-state index in [4.69, 9.17) is 20.2 Å². The molecule has 37 heavy (non-hydrogen) atoms. The summed E-state index contributed by atoms with van der Waals surface area (Å²) in [6, 6.07) is 17.5.